The second-order valence-corrected chi connectivity index (χ2v) is 8.14. The molecule has 2 heterocycles. The van der Waals surface area contributed by atoms with Gasteiger partial charge in [0.1, 0.15) is 18.5 Å². The summed E-state index contributed by atoms with van der Waals surface area (Å²) in [5, 5.41) is 15.3. The first-order valence-corrected chi connectivity index (χ1v) is 10.5. The number of hydrogen-bond acceptors (Lipinski definition) is 6. The lowest BCUT2D eigenvalue weighted by Crippen LogP contribution is -2.16. The van der Waals surface area contributed by atoms with E-state index in [1.807, 2.05) is 0 Å². The molecule has 3 aromatic rings. The molecule has 2 aromatic heterocycles. The molecular weight excluding hydrogens is 398 g/mol. The van der Waals surface area contributed by atoms with E-state index in [0.29, 0.717) is 27.5 Å². The molecule has 0 unspecified atom stereocenters. The summed E-state index contributed by atoms with van der Waals surface area (Å²) in [6, 6.07) is 5.21. The largest absolute Gasteiger partial charge is 0.323 e. The lowest BCUT2D eigenvalue weighted by Gasteiger charge is -2.11. The van der Waals surface area contributed by atoms with Gasteiger partial charge in [0.25, 0.3) is 0 Å². The zero-order valence-electron chi connectivity index (χ0n) is 15.1. The minimum Gasteiger partial charge on any atom is -0.323 e. The van der Waals surface area contributed by atoms with Gasteiger partial charge in [-0.1, -0.05) is 49.0 Å². The maximum Gasteiger partial charge on any atom is 0.234 e. The van der Waals surface area contributed by atoms with E-state index in [2.05, 4.69) is 30.6 Å². The van der Waals surface area contributed by atoms with E-state index >= 15 is 0 Å². The standard InChI is InChI=1S/C18H20ClN7OS/c19-13-5-6-15(26-11-20-10-21-26)14(8-13)22-17(27)9-28-18-23-16(24-25-18)7-12-3-1-2-4-12/h5-6,8,10-12H,1-4,7,9H2,(H,22,27)(H,23,24,25). The molecule has 0 bridgehead atoms. The van der Waals surface area contributed by atoms with Gasteiger partial charge in [-0.25, -0.2) is 14.6 Å². The number of hydrogen-bond donors (Lipinski definition) is 2. The third-order valence-electron chi connectivity index (χ3n) is 4.70. The Balaban J connectivity index is 1.35. The molecule has 2 N–H and O–H groups in total. The Morgan fingerprint density at radius 3 is 3.00 bits per heavy atom. The van der Waals surface area contributed by atoms with Crippen molar-refractivity contribution in [1.29, 1.82) is 0 Å². The average Bonchev–Trinajstić information content (AvgIpc) is 3.44. The van der Waals surface area contributed by atoms with Crippen molar-refractivity contribution in [3.63, 3.8) is 0 Å². The highest BCUT2D eigenvalue weighted by molar-refractivity contribution is 7.99. The second-order valence-electron chi connectivity index (χ2n) is 6.76. The van der Waals surface area contributed by atoms with Crippen LogP contribution in [0.4, 0.5) is 5.69 Å². The molecule has 10 heteroatoms. The number of amides is 1. The fourth-order valence-electron chi connectivity index (χ4n) is 3.38. The zero-order chi connectivity index (χ0) is 19.3. The number of aromatic nitrogens is 6. The first-order valence-electron chi connectivity index (χ1n) is 9.16. The number of carbonyl (C=O) groups is 1. The molecule has 28 heavy (non-hydrogen) atoms. The molecule has 1 fully saturated rings. The van der Waals surface area contributed by atoms with Crippen LogP contribution >= 0.6 is 23.4 Å². The van der Waals surface area contributed by atoms with Crippen molar-refractivity contribution >= 4 is 35.0 Å². The number of aromatic amines is 1. The Labute approximate surface area is 171 Å². The Kier molecular flexibility index (Phi) is 5.92. The molecule has 0 aliphatic heterocycles. The predicted molar refractivity (Wildman–Crippen MR) is 108 cm³/mol. The van der Waals surface area contributed by atoms with Crippen molar-refractivity contribution in [2.24, 2.45) is 5.92 Å². The molecule has 1 amide bonds. The van der Waals surface area contributed by atoms with Gasteiger partial charge in [0, 0.05) is 11.4 Å². The van der Waals surface area contributed by atoms with E-state index in [0.717, 1.165) is 12.2 Å². The van der Waals surface area contributed by atoms with Crippen molar-refractivity contribution in [2.75, 3.05) is 11.1 Å². The summed E-state index contributed by atoms with van der Waals surface area (Å²) in [6.07, 6.45) is 9.07. The summed E-state index contributed by atoms with van der Waals surface area (Å²) in [5.74, 6) is 1.63. The molecule has 4 rings (SSSR count). The highest BCUT2D eigenvalue weighted by Gasteiger charge is 2.18. The maximum absolute atomic E-state index is 12.4. The van der Waals surface area contributed by atoms with Crippen LogP contribution in [0.3, 0.4) is 0 Å². The van der Waals surface area contributed by atoms with Gasteiger partial charge in [-0.05, 0) is 24.1 Å². The van der Waals surface area contributed by atoms with Crippen LogP contribution in [-0.2, 0) is 11.2 Å². The summed E-state index contributed by atoms with van der Waals surface area (Å²) in [6.45, 7) is 0. The monoisotopic (exact) mass is 417 g/mol. The third kappa shape index (κ3) is 4.71. The summed E-state index contributed by atoms with van der Waals surface area (Å²) in [4.78, 5) is 20.9. The van der Waals surface area contributed by atoms with Crippen molar-refractivity contribution in [3.8, 4) is 5.69 Å². The Hall–Kier alpha value is -2.39. The predicted octanol–water partition coefficient (Wildman–Crippen LogP) is 3.50. The zero-order valence-corrected chi connectivity index (χ0v) is 16.7. The molecule has 1 aliphatic rings. The van der Waals surface area contributed by atoms with Gasteiger partial charge < -0.3 is 5.32 Å². The molecular formula is C18H20ClN7OS. The molecule has 0 radical (unpaired) electrons. The van der Waals surface area contributed by atoms with E-state index in [1.54, 1.807) is 29.2 Å². The molecule has 0 atom stereocenters. The van der Waals surface area contributed by atoms with Crippen LogP contribution in [0.2, 0.25) is 5.02 Å². The third-order valence-corrected chi connectivity index (χ3v) is 5.78. The summed E-state index contributed by atoms with van der Waals surface area (Å²) < 4.78 is 1.57. The van der Waals surface area contributed by atoms with Crippen LogP contribution in [0, 0.1) is 5.92 Å². The Morgan fingerprint density at radius 2 is 2.21 bits per heavy atom. The van der Waals surface area contributed by atoms with E-state index in [1.165, 1.54) is 43.8 Å². The molecule has 146 valence electrons. The molecule has 1 saturated carbocycles. The number of carbonyl (C=O) groups excluding carboxylic acids is 1. The van der Waals surface area contributed by atoms with Gasteiger partial charge >= 0.3 is 0 Å². The Bertz CT molecular complexity index is 937. The van der Waals surface area contributed by atoms with Crippen LogP contribution in [0.5, 0.6) is 0 Å². The molecule has 0 spiro atoms. The molecule has 8 nitrogen and oxygen atoms in total. The second kappa shape index (κ2) is 8.74. The lowest BCUT2D eigenvalue weighted by atomic mass is 10.0. The van der Waals surface area contributed by atoms with Crippen molar-refractivity contribution in [2.45, 2.75) is 37.3 Å². The maximum atomic E-state index is 12.4. The van der Waals surface area contributed by atoms with Gasteiger partial charge in [0.2, 0.25) is 11.1 Å². The molecule has 1 aromatic carbocycles. The summed E-state index contributed by atoms with van der Waals surface area (Å²) in [7, 11) is 0. The summed E-state index contributed by atoms with van der Waals surface area (Å²) in [5.41, 5.74) is 1.26. The fourth-order valence-corrected chi connectivity index (χ4v) is 4.17. The van der Waals surface area contributed by atoms with Crippen LogP contribution in [0.1, 0.15) is 31.5 Å². The normalized spacial score (nSPS) is 14.5. The van der Waals surface area contributed by atoms with Crippen molar-refractivity contribution in [3.05, 3.63) is 41.7 Å². The Morgan fingerprint density at radius 1 is 1.36 bits per heavy atom. The van der Waals surface area contributed by atoms with Crippen molar-refractivity contribution in [1.82, 2.24) is 29.9 Å². The van der Waals surface area contributed by atoms with E-state index in [4.69, 9.17) is 11.6 Å². The number of benzene rings is 1. The smallest absolute Gasteiger partial charge is 0.234 e. The number of anilines is 1. The SMILES string of the molecule is O=C(CSc1n[nH]c(CC2CCCC2)n1)Nc1cc(Cl)ccc1-n1cncn1. The first kappa shape index (κ1) is 18.9. The number of nitrogens with zero attached hydrogens (tertiary/aromatic N) is 5. The van der Waals surface area contributed by atoms with Gasteiger partial charge in [0.05, 0.1) is 17.1 Å². The first-order chi connectivity index (χ1) is 13.7. The highest BCUT2D eigenvalue weighted by atomic mass is 35.5. The van der Waals surface area contributed by atoms with E-state index < -0.39 is 0 Å². The van der Waals surface area contributed by atoms with Crippen LogP contribution in [-0.4, -0.2) is 41.6 Å². The number of rotatable bonds is 7. The number of H-pyrrole nitrogens is 1. The highest BCUT2D eigenvalue weighted by Crippen LogP contribution is 2.28. The van der Waals surface area contributed by atoms with Crippen LogP contribution in [0.25, 0.3) is 5.69 Å². The lowest BCUT2D eigenvalue weighted by molar-refractivity contribution is -0.113. The number of nitrogens with one attached hydrogen (secondary N) is 2. The van der Waals surface area contributed by atoms with Crippen molar-refractivity contribution < 1.29 is 4.79 Å². The van der Waals surface area contributed by atoms with Gasteiger partial charge in [0.15, 0.2) is 0 Å². The average molecular weight is 418 g/mol. The van der Waals surface area contributed by atoms with Gasteiger partial charge in [-0.3, -0.25) is 9.89 Å². The molecule has 0 saturated heterocycles. The van der Waals surface area contributed by atoms with Crippen LogP contribution < -0.4 is 5.32 Å². The minimum atomic E-state index is -0.171. The summed E-state index contributed by atoms with van der Waals surface area (Å²) >= 11 is 7.38. The van der Waals surface area contributed by atoms with E-state index in [9.17, 15) is 4.79 Å². The van der Waals surface area contributed by atoms with Gasteiger partial charge in [-0.15, -0.1) is 5.10 Å². The fraction of sp³-hybridized carbons (Fsp3) is 0.389. The van der Waals surface area contributed by atoms with Crippen LogP contribution in [0.15, 0.2) is 36.0 Å². The molecule has 1 aliphatic carbocycles. The topological polar surface area (TPSA) is 101 Å². The number of thioether (sulfide) groups is 1. The quantitative estimate of drug-likeness (QED) is 0.570. The number of halogens is 1. The minimum absolute atomic E-state index is 0.171. The van der Waals surface area contributed by atoms with E-state index in [-0.39, 0.29) is 11.7 Å². The van der Waals surface area contributed by atoms with Gasteiger partial charge in [-0.2, -0.15) is 5.10 Å².